The standard InChI is InChI=1S/C60H44N2/c1-60(2)54-28-15-14-25-49(54)50-35-33-45(38-55(50)60)62(43-31-29-40(30-32-43)47-27-16-22-39-17-10-11-23-46(39)47)44-34-36-51-53(37-44)48-24-12-13-26-52(48)59-57(51)56(41-18-6-4-7-19-41)58(61(59)3)42-20-8-5-9-21-42/h4-38H,1-3H3. The monoisotopic (exact) mass is 792 g/mol. The number of anilines is 3. The normalized spacial score (nSPS) is 12.9. The topological polar surface area (TPSA) is 8.17 Å². The summed E-state index contributed by atoms with van der Waals surface area (Å²) in [6, 6.07) is 78.4. The molecule has 0 fully saturated rings. The molecular weight excluding hydrogens is 749 g/mol. The summed E-state index contributed by atoms with van der Waals surface area (Å²) in [5.41, 5.74) is 17.2. The lowest BCUT2D eigenvalue weighted by atomic mass is 9.82. The van der Waals surface area contributed by atoms with E-state index in [9.17, 15) is 0 Å². The second kappa shape index (κ2) is 13.9. The van der Waals surface area contributed by atoms with Gasteiger partial charge in [-0.2, -0.15) is 0 Å². The fourth-order valence-electron chi connectivity index (χ4n) is 10.7. The second-order valence-electron chi connectivity index (χ2n) is 17.3. The highest BCUT2D eigenvalue weighted by Gasteiger charge is 2.36. The fourth-order valence-corrected chi connectivity index (χ4v) is 10.7. The minimum atomic E-state index is -0.130. The zero-order chi connectivity index (χ0) is 41.5. The van der Waals surface area contributed by atoms with Gasteiger partial charge < -0.3 is 9.47 Å². The van der Waals surface area contributed by atoms with Crippen molar-refractivity contribution in [2.75, 3.05) is 4.90 Å². The predicted octanol–water partition coefficient (Wildman–Crippen LogP) is 16.4. The van der Waals surface area contributed by atoms with Crippen molar-refractivity contribution in [1.29, 1.82) is 0 Å². The summed E-state index contributed by atoms with van der Waals surface area (Å²) in [5, 5.41) is 8.76. The van der Waals surface area contributed by atoms with E-state index in [0.29, 0.717) is 0 Å². The number of nitrogens with zero attached hydrogens (tertiary/aromatic N) is 2. The molecule has 0 saturated carbocycles. The van der Waals surface area contributed by atoms with Crippen LogP contribution in [0, 0.1) is 0 Å². The van der Waals surface area contributed by atoms with Crippen molar-refractivity contribution in [2.45, 2.75) is 19.3 Å². The van der Waals surface area contributed by atoms with Crippen LogP contribution in [0.5, 0.6) is 0 Å². The zero-order valence-electron chi connectivity index (χ0n) is 35.1. The molecule has 0 N–H and O–H groups in total. The molecule has 0 atom stereocenters. The molecule has 294 valence electrons. The van der Waals surface area contributed by atoms with Crippen LogP contribution >= 0.6 is 0 Å². The minimum absolute atomic E-state index is 0.130. The van der Waals surface area contributed by atoms with Gasteiger partial charge in [-0.3, -0.25) is 0 Å². The lowest BCUT2D eigenvalue weighted by molar-refractivity contribution is 0.660. The van der Waals surface area contributed by atoms with Gasteiger partial charge in [0.1, 0.15) is 0 Å². The van der Waals surface area contributed by atoms with Gasteiger partial charge in [0.2, 0.25) is 0 Å². The van der Waals surface area contributed by atoms with Crippen molar-refractivity contribution < 1.29 is 0 Å². The summed E-state index contributed by atoms with van der Waals surface area (Å²) in [6.45, 7) is 4.73. The van der Waals surface area contributed by atoms with Crippen LogP contribution < -0.4 is 4.90 Å². The van der Waals surface area contributed by atoms with Crippen LogP contribution in [0.4, 0.5) is 17.1 Å². The van der Waals surface area contributed by atoms with Gasteiger partial charge in [0, 0.05) is 45.9 Å². The molecule has 12 rings (SSSR count). The first kappa shape index (κ1) is 36.2. The summed E-state index contributed by atoms with van der Waals surface area (Å²) in [5.74, 6) is 0. The Morgan fingerprint density at radius 1 is 0.387 bits per heavy atom. The molecule has 0 saturated heterocycles. The van der Waals surface area contributed by atoms with E-state index >= 15 is 0 Å². The van der Waals surface area contributed by atoms with Crippen molar-refractivity contribution in [2.24, 2.45) is 7.05 Å². The van der Waals surface area contributed by atoms with E-state index in [1.807, 2.05) is 0 Å². The fraction of sp³-hybridized carbons (Fsp3) is 0.0667. The summed E-state index contributed by atoms with van der Waals surface area (Å²) in [6.07, 6.45) is 0. The number of fused-ring (bicyclic) bond motifs is 10. The first-order valence-electron chi connectivity index (χ1n) is 21.7. The molecule has 0 unspecified atom stereocenters. The molecule has 0 amide bonds. The second-order valence-corrected chi connectivity index (χ2v) is 17.3. The Kier molecular flexibility index (Phi) is 8.14. The number of aryl methyl sites for hydroxylation is 1. The number of rotatable bonds is 6. The van der Waals surface area contributed by atoms with Crippen molar-refractivity contribution in [3.8, 4) is 44.6 Å². The van der Waals surface area contributed by atoms with E-state index in [2.05, 4.69) is 243 Å². The van der Waals surface area contributed by atoms with Gasteiger partial charge in [0.05, 0.1) is 11.2 Å². The van der Waals surface area contributed by atoms with Crippen molar-refractivity contribution in [3.63, 3.8) is 0 Å². The first-order chi connectivity index (χ1) is 30.5. The highest BCUT2D eigenvalue weighted by molar-refractivity contribution is 6.30. The Bertz CT molecular complexity index is 3530. The molecule has 1 aliphatic rings. The van der Waals surface area contributed by atoms with Crippen LogP contribution in [-0.4, -0.2) is 4.57 Å². The van der Waals surface area contributed by atoms with Gasteiger partial charge in [-0.15, -0.1) is 0 Å². The number of hydrogen-bond donors (Lipinski definition) is 0. The SMILES string of the molecule is Cn1c(-c2ccccc2)c(-c2ccccc2)c2c3ccc(N(c4ccc(-c5cccc6ccccc56)cc4)c4ccc5c(c4)C(C)(C)c4ccccc4-5)cc3c3ccccc3c21. The smallest absolute Gasteiger partial charge is 0.0575 e. The number of hydrogen-bond acceptors (Lipinski definition) is 1. The molecule has 0 bridgehead atoms. The third-order valence-corrected chi connectivity index (χ3v) is 13.6. The van der Waals surface area contributed by atoms with Gasteiger partial charge in [-0.05, 0) is 108 Å². The predicted molar refractivity (Wildman–Crippen MR) is 264 cm³/mol. The maximum atomic E-state index is 2.46. The van der Waals surface area contributed by atoms with Gasteiger partial charge >= 0.3 is 0 Å². The largest absolute Gasteiger partial charge is 0.343 e. The molecule has 0 aliphatic heterocycles. The Labute approximate surface area is 362 Å². The van der Waals surface area contributed by atoms with Gasteiger partial charge in [-0.1, -0.05) is 190 Å². The van der Waals surface area contributed by atoms with Crippen LogP contribution in [0.2, 0.25) is 0 Å². The average molecular weight is 793 g/mol. The van der Waals surface area contributed by atoms with E-state index in [-0.39, 0.29) is 5.41 Å². The van der Waals surface area contributed by atoms with Crippen LogP contribution in [0.1, 0.15) is 25.0 Å². The zero-order valence-corrected chi connectivity index (χ0v) is 35.1. The maximum Gasteiger partial charge on any atom is 0.0575 e. The van der Waals surface area contributed by atoms with E-state index in [0.717, 1.165) is 17.1 Å². The molecule has 2 heteroatoms. The first-order valence-corrected chi connectivity index (χ1v) is 21.7. The molecule has 1 aromatic heterocycles. The average Bonchev–Trinajstić information content (AvgIpc) is 3.76. The Balaban J connectivity index is 1.11. The Hall–Kier alpha value is -7.68. The highest BCUT2D eigenvalue weighted by Crippen LogP contribution is 2.52. The molecule has 0 radical (unpaired) electrons. The van der Waals surface area contributed by atoms with Crippen molar-refractivity contribution in [3.05, 3.63) is 223 Å². The van der Waals surface area contributed by atoms with E-state index < -0.39 is 0 Å². The molecule has 1 heterocycles. The third kappa shape index (κ3) is 5.43. The minimum Gasteiger partial charge on any atom is -0.343 e. The highest BCUT2D eigenvalue weighted by atomic mass is 15.1. The van der Waals surface area contributed by atoms with Crippen LogP contribution in [-0.2, 0) is 12.5 Å². The van der Waals surface area contributed by atoms with Crippen LogP contribution in [0.25, 0.3) is 87.9 Å². The maximum absolute atomic E-state index is 2.46. The van der Waals surface area contributed by atoms with E-state index in [1.54, 1.807) is 0 Å². The summed E-state index contributed by atoms with van der Waals surface area (Å²) in [4.78, 5) is 2.46. The summed E-state index contributed by atoms with van der Waals surface area (Å²) < 4.78 is 2.43. The molecule has 10 aromatic carbocycles. The Morgan fingerprint density at radius 3 is 1.76 bits per heavy atom. The molecular formula is C60H44N2. The summed E-state index contributed by atoms with van der Waals surface area (Å²) in [7, 11) is 2.24. The summed E-state index contributed by atoms with van der Waals surface area (Å²) >= 11 is 0. The lowest BCUT2D eigenvalue weighted by Gasteiger charge is -2.28. The quantitative estimate of drug-likeness (QED) is 0.152. The number of benzene rings is 10. The Morgan fingerprint density at radius 2 is 0.968 bits per heavy atom. The molecule has 2 nitrogen and oxygen atoms in total. The van der Waals surface area contributed by atoms with Crippen LogP contribution in [0.3, 0.4) is 0 Å². The van der Waals surface area contributed by atoms with Crippen LogP contribution in [0.15, 0.2) is 212 Å². The molecule has 1 aliphatic carbocycles. The lowest BCUT2D eigenvalue weighted by Crippen LogP contribution is -2.16. The van der Waals surface area contributed by atoms with Gasteiger partial charge in [0.15, 0.2) is 0 Å². The van der Waals surface area contributed by atoms with E-state index in [4.69, 9.17) is 0 Å². The van der Waals surface area contributed by atoms with E-state index in [1.165, 1.54) is 99.0 Å². The molecule has 62 heavy (non-hydrogen) atoms. The van der Waals surface area contributed by atoms with Gasteiger partial charge in [0.25, 0.3) is 0 Å². The molecule has 11 aromatic rings. The third-order valence-electron chi connectivity index (χ3n) is 13.6. The molecule has 0 spiro atoms. The van der Waals surface area contributed by atoms with Crippen molar-refractivity contribution >= 4 is 60.3 Å². The van der Waals surface area contributed by atoms with Crippen molar-refractivity contribution in [1.82, 2.24) is 4.57 Å². The number of aromatic nitrogens is 1. The van der Waals surface area contributed by atoms with Gasteiger partial charge in [-0.25, -0.2) is 0 Å².